The number of benzene rings is 1. The van der Waals surface area contributed by atoms with Gasteiger partial charge in [0.1, 0.15) is 0 Å². The van der Waals surface area contributed by atoms with Crippen LogP contribution >= 0.6 is 0 Å². The zero-order chi connectivity index (χ0) is 12.5. The van der Waals surface area contributed by atoms with Crippen molar-refractivity contribution in [3.63, 3.8) is 0 Å². The molecule has 1 heterocycles. The fourth-order valence-corrected chi connectivity index (χ4v) is 2.01. The zero-order valence-electron chi connectivity index (χ0n) is 11.1. The molecule has 1 aliphatic rings. The fourth-order valence-electron chi connectivity index (χ4n) is 2.01. The molecule has 1 aromatic carbocycles. The van der Waals surface area contributed by atoms with E-state index in [1.165, 1.54) is 5.56 Å². The predicted octanol–water partition coefficient (Wildman–Crippen LogP) is 3.58. The third-order valence-corrected chi connectivity index (χ3v) is 3.79. The molecule has 0 spiro atoms. The summed E-state index contributed by atoms with van der Waals surface area (Å²) in [6.07, 6.45) is 0.104. The van der Waals surface area contributed by atoms with Gasteiger partial charge in [0, 0.05) is 11.3 Å². The van der Waals surface area contributed by atoms with Gasteiger partial charge in [-0.2, -0.15) is 0 Å². The van der Waals surface area contributed by atoms with Crippen LogP contribution in [0.15, 0.2) is 30.3 Å². The molecule has 1 aliphatic heterocycles. The van der Waals surface area contributed by atoms with Crippen LogP contribution in [0.2, 0.25) is 0 Å². The summed E-state index contributed by atoms with van der Waals surface area (Å²) in [4.78, 5) is 0. The molecule has 1 fully saturated rings. The molecule has 0 aromatic heterocycles. The first-order chi connectivity index (χ1) is 8.00. The Labute approximate surface area is 104 Å². The van der Waals surface area contributed by atoms with Gasteiger partial charge in [-0.1, -0.05) is 51.1 Å². The smallest absolute Gasteiger partial charge is 0.164 e. The lowest BCUT2D eigenvalue weighted by atomic mass is 9.87. The van der Waals surface area contributed by atoms with E-state index in [1.54, 1.807) is 0 Å². The van der Waals surface area contributed by atoms with Crippen molar-refractivity contribution < 1.29 is 9.47 Å². The molecule has 0 amide bonds. The highest BCUT2D eigenvalue weighted by Crippen LogP contribution is 2.34. The first kappa shape index (κ1) is 12.6. The molecule has 1 aromatic rings. The van der Waals surface area contributed by atoms with Crippen molar-refractivity contribution in [3.05, 3.63) is 35.9 Å². The third-order valence-electron chi connectivity index (χ3n) is 3.79. The van der Waals surface area contributed by atoms with Crippen LogP contribution in [-0.2, 0) is 9.47 Å². The van der Waals surface area contributed by atoms with Crippen LogP contribution in [0.5, 0.6) is 0 Å². The van der Waals surface area contributed by atoms with Gasteiger partial charge >= 0.3 is 0 Å². The van der Waals surface area contributed by atoms with Gasteiger partial charge in [0.15, 0.2) is 6.29 Å². The Bertz CT molecular complexity index is 358. The molecular formula is C15H22O2. The highest BCUT2D eigenvalue weighted by Gasteiger charge is 2.37. The molecule has 94 valence electrons. The first-order valence-corrected chi connectivity index (χ1v) is 6.33. The fraction of sp³-hybridized carbons (Fsp3) is 0.600. The minimum atomic E-state index is -0.125. The van der Waals surface area contributed by atoms with Crippen LogP contribution in [0.25, 0.3) is 0 Å². The van der Waals surface area contributed by atoms with Gasteiger partial charge in [-0.3, -0.25) is 0 Å². The van der Waals surface area contributed by atoms with E-state index in [0.29, 0.717) is 0 Å². The Balaban J connectivity index is 2.05. The molecule has 0 aliphatic carbocycles. The minimum absolute atomic E-state index is 0.104. The number of hydrogen-bond acceptors (Lipinski definition) is 2. The van der Waals surface area contributed by atoms with Gasteiger partial charge in [-0.05, 0) is 12.5 Å². The van der Waals surface area contributed by atoms with Crippen molar-refractivity contribution in [3.8, 4) is 0 Å². The second-order valence-electron chi connectivity index (χ2n) is 5.65. The monoisotopic (exact) mass is 234 g/mol. The van der Waals surface area contributed by atoms with E-state index in [9.17, 15) is 0 Å². The summed E-state index contributed by atoms with van der Waals surface area (Å²) in [7, 11) is 0. The molecular weight excluding hydrogens is 212 g/mol. The normalized spacial score (nSPS) is 29.9. The molecule has 0 unspecified atom stereocenters. The van der Waals surface area contributed by atoms with Crippen LogP contribution in [0, 0.1) is 5.41 Å². The zero-order valence-corrected chi connectivity index (χ0v) is 11.1. The maximum absolute atomic E-state index is 6.00. The summed E-state index contributed by atoms with van der Waals surface area (Å²) in [6.45, 7) is 9.41. The van der Waals surface area contributed by atoms with E-state index in [2.05, 4.69) is 52.0 Å². The van der Waals surface area contributed by atoms with Crippen molar-refractivity contribution in [1.29, 1.82) is 0 Å². The van der Waals surface area contributed by atoms with E-state index in [1.807, 2.05) is 6.07 Å². The molecule has 3 atom stereocenters. The van der Waals surface area contributed by atoms with E-state index < -0.39 is 0 Å². The lowest BCUT2D eigenvalue weighted by Gasteiger charge is -2.42. The summed E-state index contributed by atoms with van der Waals surface area (Å²) in [6, 6.07) is 10.4. The van der Waals surface area contributed by atoms with Crippen LogP contribution in [0.1, 0.15) is 39.2 Å². The summed E-state index contributed by atoms with van der Waals surface area (Å²) >= 11 is 0. The second kappa shape index (κ2) is 4.79. The Morgan fingerprint density at radius 2 is 1.88 bits per heavy atom. The summed E-state index contributed by atoms with van der Waals surface area (Å²) in [5.41, 5.74) is 1.37. The second-order valence-corrected chi connectivity index (χ2v) is 5.65. The van der Waals surface area contributed by atoms with E-state index >= 15 is 0 Å². The van der Waals surface area contributed by atoms with Gasteiger partial charge in [-0.15, -0.1) is 0 Å². The molecule has 2 nitrogen and oxygen atoms in total. The minimum Gasteiger partial charge on any atom is -0.351 e. The molecule has 0 bridgehead atoms. The topological polar surface area (TPSA) is 18.5 Å². The Hall–Kier alpha value is -0.860. The maximum Gasteiger partial charge on any atom is 0.164 e. The largest absolute Gasteiger partial charge is 0.351 e. The molecule has 2 heteroatoms. The highest BCUT2D eigenvalue weighted by atomic mass is 16.7. The predicted molar refractivity (Wildman–Crippen MR) is 68.9 cm³/mol. The van der Waals surface area contributed by atoms with Crippen molar-refractivity contribution in [1.82, 2.24) is 0 Å². The van der Waals surface area contributed by atoms with Gasteiger partial charge in [0.25, 0.3) is 0 Å². The Morgan fingerprint density at radius 1 is 1.24 bits per heavy atom. The first-order valence-electron chi connectivity index (χ1n) is 6.33. The van der Waals surface area contributed by atoms with Gasteiger partial charge in [0.2, 0.25) is 0 Å². The molecule has 17 heavy (non-hydrogen) atoms. The average molecular weight is 234 g/mol. The van der Waals surface area contributed by atoms with Crippen LogP contribution < -0.4 is 0 Å². The van der Waals surface area contributed by atoms with Crippen molar-refractivity contribution in [2.75, 3.05) is 6.61 Å². The van der Waals surface area contributed by atoms with E-state index in [0.717, 1.165) is 6.61 Å². The maximum atomic E-state index is 6.00. The quantitative estimate of drug-likeness (QED) is 0.778. The van der Waals surface area contributed by atoms with E-state index in [4.69, 9.17) is 9.47 Å². The summed E-state index contributed by atoms with van der Waals surface area (Å²) in [5, 5.41) is 0. The third kappa shape index (κ3) is 2.70. The standard InChI is InChI=1S/C15H22O2/c1-11(13-8-6-5-7-9-13)14-16-10-15(3,4)12(2)17-14/h5-9,11-12,14H,10H2,1-4H3/t11-,12-,14+/m0/s1. The average Bonchev–Trinajstić information content (AvgIpc) is 2.33. The molecule has 2 rings (SSSR count). The summed E-state index contributed by atoms with van der Waals surface area (Å²) in [5.74, 6) is 0.273. The van der Waals surface area contributed by atoms with Crippen LogP contribution in [-0.4, -0.2) is 19.0 Å². The highest BCUT2D eigenvalue weighted by molar-refractivity contribution is 5.19. The lowest BCUT2D eigenvalue weighted by Crippen LogP contribution is -2.45. The van der Waals surface area contributed by atoms with Gasteiger partial charge in [-0.25, -0.2) is 0 Å². The molecule has 0 radical (unpaired) electrons. The Kier molecular flexibility index (Phi) is 3.55. The number of rotatable bonds is 2. The molecule has 0 N–H and O–H groups in total. The van der Waals surface area contributed by atoms with E-state index in [-0.39, 0.29) is 23.7 Å². The number of hydrogen-bond donors (Lipinski definition) is 0. The molecule has 1 saturated heterocycles. The van der Waals surface area contributed by atoms with Crippen molar-refractivity contribution in [2.45, 2.75) is 46.0 Å². The molecule has 0 saturated carbocycles. The van der Waals surface area contributed by atoms with Crippen LogP contribution in [0.4, 0.5) is 0 Å². The summed E-state index contributed by atoms with van der Waals surface area (Å²) < 4.78 is 11.9. The van der Waals surface area contributed by atoms with Crippen molar-refractivity contribution in [2.24, 2.45) is 5.41 Å². The SMILES string of the molecule is C[C@@H]1O[C@H]([C@@H](C)c2ccccc2)OCC1(C)C. The van der Waals surface area contributed by atoms with Crippen molar-refractivity contribution >= 4 is 0 Å². The van der Waals surface area contributed by atoms with Gasteiger partial charge in [0.05, 0.1) is 12.7 Å². The number of ether oxygens (including phenoxy) is 2. The van der Waals surface area contributed by atoms with Crippen LogP contribution in [0.3, 0.4) is 0 Å². The Morgan fingerprint density at radius 3 is 2.47 bits per heavy atom. The lowest BCUT2D eigenvalue weighted by molar-refractivity contribution is -0.261. The van der Waals surface area contributed by atoms with Gasteiger partial charge < -0.3 is 9.47 Å².